The number of rotatable bonds is 5. The van der Waals surface area contributed by atoms with E-state index in [9.17, 15) is 4.79 Å². The Morgan fingerprint density at radius 3 is 2.10 bits per heavy atom. The lowest BCUT2D eigenvalue weighted by Crippen LogP contribution is -2.49. The van der Waals surface area contributed by atoms with Crippen molar-refractivity contribution < 1.29 is 4.79 Å². The molecule has 1 saturated heterocycles. The van der Waals surface area contributed by atoms with Crippen LogP contribution in [0.15, 0.2) is 78.9 Å². The molecule has 3 aromatic carbocycles. The van der Waals surface area contributed by atoms with Gasteiger partial charge >= 0.3 is 0 Å². The van der Waals surface area contributed by atoms with E-state index in [1.165, 1.54) is 5.56 Å². The zero-order valence-corrected chi connectivity index (χ0v) is 23.9. The molecule has 0 spiro atoms. The van der Waals surface area contributed by atoms with Crippen molar-refractivity contribution in [3.05, 3.63) is 112 Å². The quantitative estimate of drug-likeness (QED) is 0.276. The Kier molecular flexibility index (Phi) is 7.72. The van der Waals surface area contributed by atoms with E-state index in [1.54, 1.807) is 0 Å². The molecule has 0 bridgehead atoms. The normalized spacial score (nSPS) is 14.0. The molecule has 1 aliphatic rings. The van der Waals surface area contributed by atoms with Crippen molar-refractivity contribution in [1.29, 1.82) is 0 Å². The van der Waals surface area contributed by atoms with Gasteiger partial charge in [-0.25, -0.2) is 9.97 Å². The first-order chi connectivity index (χ1) is 18.7. The van der Waals surface area contributed by atoms with Crippen LogP contribution in [0, 0.1) is 6.92 Å². The van der Waals surface area contributed by atoms with Gasteiger partial charge in [0.2, 0.25) is 0 Å². The standard InChI is InChI=1S/C33H35ClN4O/c1-23-29(22-24-10-16-28(34)17-11-24)31(36-30(35-23)25-8-6-5-7-9-25)37-18-20-38(21-19-37)32(39)26-12-14-27(15-13-26)33(2,3)4/h5-17H,18-22H2,1-4H3. The lowest BCUT2D eigenvalue weighted by atomic mass is 9.86. The maximum atomic E-state index is 13.3. The summed E-state index contributed by atoms with van der Waals surface area (Å²) in [5, 5.41) is 0.722. The van der Waals surface area contributed by atoms with Gasteiger partial charge in [-0.05, 0) is 47.7 Å². The van der Waals surface area contributed by atoms with Crippen LogP contribution in [0.4, 0.5) is 5.82 Å². The minimum Gasteiger partial charge on any atom is -0.353 e. The molecular weight excluding hydrogens is 504 g/mol. The molecule has 0 aliphatic carbocycles. The molecule has 1 aliphatic heterocycles. The Labute approximate surface area is 236 Å². The van der Waals surface area contributed by atoms with Gasteiger partial charge in [0, 0.05) is 60.0 Å². The van der Waals surface area contributed by atoms with E-state index in [-0.39, 0.29) is 11.3 Å². The predicted molar refractivity (Wildman–Crippen MR) is 160 cm³/mol. The van der Waals surface area contributed by atoms with Gasteiger partial charge in [-0.2, -0.15) is 0 Å². The maximum Gasteiger partial charge on any atom is 0.253 e. The second-order valence-corrected chi connectivity index (χ2v) is 11.6. The van der Waals surface area contributed by atoms with Crippen molar-refractivity contribution in [2.24, 2.45) is 0 Å². The highest BCUT2D eigenvalue weighted by atomic mass is 35.5. The van der Waals surface area contributed by atoms with Gasteiger partial charge in [0.15, 0.2) is 5.82 Å². The maximum absolute atomic E-state index is 13.3. The number of piperazine rings is 1. The number of carbonyl (C=O) groups is 1. The third kappa shape index (κ3) is 6.15. The highest BCUT2D eigenvalue weighted by Gasteiger charge is 2.26. The zero-order chi connectivity index (χ0) is 27.6. The van der Waals surface area contributed by atoms with Gasteiger partial charge in [0.1, 0.15) is 5.82 Å². The summed E-state index contributed by atoms with van der Waals surface area (Å²) in [6, 6.07) is 26.1. The van der Waals surface area contributed by atoms with E-state index in [2.05, 4.69) is 56.9 Å². The number of aryl methyl sites for hydroxylation is 1. The molecule has 0 N–H and O–H groups in total. The average molecular weight is 539 g/mol. The molecular formula is C33H35ClN4O. The van der Waals surface area contributed by atoms with Crippen molar-refractivity contribution in [3.63, 3.8) is 0 Å². The molecule has 6 heteroatoms. The van der Waals surface area contributed by atoms with Gasteiger partial charge in [0.25, 0.3) is 5.91 Å². The monoisotopic (exact) mass is 538 g/mol. The Bertz CT molecular complexity index is 1440. The molecule has 5 nitrogen and oxygen atoms in total. The van der Waals surface area contributed by atoms with Gasteiger partial charge in [-0.1, -0.05) is 87.0 Å². The second-order valence-electron chi connectivity index (χ2n) is 11.2. The average Bonchev–Trinajstić information content (AvgIpc) is 2.95. The number of nitrogens with zero attached hydrogens (tertiary/aromatic N) is 4. The number of hydrogen-bond acceptors (Lipinski definition) is 4. The van der Waals surface area contributed by atoms with Gasteiger partial charge in [-0.15, -0.1) is 0 Å². The number of halogens is 1. The molecule has 0 saturated carbocycles. The largest absolute Gasteiger partial charge is 0.353 e. The van der Waals surface area contributed by atoms with Crippen LogP contribution in [0.25, 0.3) is 11.4 Å². The molecule has 1 fully saturated rings. The summed E-state index contributed by atoms with van der Waals surface area (Å²) in [6.07, 6.45) is 0.715. The summed E-state index contributed by atoms with van der Waals surface area (Å²) >= 11 is 6.13. The Morgan fingerprint density at radius 2 is 1.49 bits per heavy atom. The number of hydrogen-bond donors (Lipinski definition) is 0. The van der Waals surface area contributed by atoms with Crippen LogP contribution in [0.5, 0.6) is 0 Å². The van der Waals surface area contributed by atoms with Crippen LogP contribution in [0.1, 0.15) is 53.5 Å². The number of carbonyl (C=O) groups excluding carboxylic acids is 1. The number of benzene rings is 3. The lowest BCUT2D eigenvalue weighted by molar-refractivity contribution is 0.0746. The van der Waals surface area contributed by atoms with Crippen molar-refractivity contribution in [2.75, 3.05) is 31.1 Å². The Balaban J connectivity index is 1.39. The van der Waals surface area contributed by atoms with Crippen LogP contribution in [-0.2, 0) is 11.8 Å². The van der Waals surface area contributed by atoms with Gasteiger partial charge in [-0.3, -0.25) is 4.79 Å². The van der Waals surface area contributed by atoms with Gasteiger partial charge in [0.05, 0.1) is 0 Å². The highest BCUT2D eigenvalue weighted by molar-refractivity contribution is 6.30. The lowest BCUT2D eigenvalue weighted by Gasteiger charge is -2.36. The predicted octanol–water partition coefficient (Wildman–Crippen LogP) is 6.96. The first-order valence-corrected chi connectivity index (χ1v) is 13.9. The molecule has 0 atom stereocenters. The molecule has 4 aromatic rings. The fourth-order valence-electron chi connectivity index (χ4n) is 4.99. The molecule has 0 radical (unpaired) electrons. The van der Waals surface area contributed by atoms with Gasteiger partial charge < -0.3 is 9.80 Å². The van der Waals surface area contributed by atoms with Crippen molar-refractivity contribution in [1.82, 2.24) is 14.9 Å². The van der Waals surface area contributed by atoms with Crippen molar-refractivity contribution >= 4 is 23.3 Å². The van der Waals surface area contributed by atoms with Crippen LogP contribution >= 0.6 is 11.6 Å². The third-order valence-electron chi connectivity index (χ3n) is 7.38. The van der Waals surface area contributed by atoms with E-state index < -0.39 is 0 Å². The van der Waals surface area contributed by atoms with E-state index in [0.29, 0.717) is 32.6 Å². The van der Waals surface area contributed by atoms with Crippen LogP contribution in [-0.4, -0.2) is 47.0 Å². The minimum absolute atomic E-state index is 0.0607. The first-order valence-electron chi connectivity index (χ1n) is 13.5. The first kappa shape index (κ1) is 26.9. The fraction of sp³-hybridized carbons (Fsp3) is 0.303. The summed E-state index contributed by atoms with van der Waals surface area (Å²) < 4.78 is 0. The SMILES string of the molecule is Cc1nc(-c2ccccc2)nc(N2CCN(C(=O)c3ccc(C(C)(C)C)cc3)CC2)c1Cc1ccc(Cl)cc1. The summed E-state index contributed by atoms with van der Waals surface area (Å²) in [5.41, 5.74) is 6.25. The molecule has 5 rings (SSSR count). The Morgan fingerprint density at radius 1 is 0.846 bits per heavy atom. The molecule has 1 amide bonds. The van der Waals surface area contributed by atoms with Crippen molar-refractivity contribution in [2.45, 2.75) is 39.5 Å². The number of anilines is 1. The zero-order valence-electron chi connectivity index (χ0n) is 23.1. The fourth-order valence-corrected chi connectivity index (χ4v) is 5.11. The highest BCUT2D eigenvalue weighted by Crippen LogP contribution is 2.29. The molecule has 1 aromatic heterocycles. The van der Waals surface area contributed by atoms with E-state index in [0.717, 1.165) is 44.6 Å². The second kappa shape index (κ2) is 11.2. The van der Waals surface area contributed by atoms with Crippen LogP contribution < -0.4 is 4.90 Å². The molecule has 2 heterocycles. The van der Waals surface area contributed by atoms with Crippen molar-refractivity contribution in [3.8, 4) is 11.4 Å². The van der Waals surface area contributed by atoms with E-state index in [1.807, 2.05) is 59.5 Å². The minimum atomic E-state index is 0.0607. The summed E-state index contributed by atoms with van der Waals surface area (Å²) in [4.78, 5) is 27.5. The summed E-state index contributed by atoms with van der Waals surface area (Å²) in [5.74, 6) is 1.75. The van der Waals surface area contributed by atoms with E-state index in [4.69, 9.17) is 21.6 Å². The van der Waals surface area contributed by atoms with E-state index >= 15 is 0 Å². The topological polar surface area (TPSA) is 49.3 Å². The molecule has 200 valence electrons. The summed E-state index contributed by atoms with van der Waals surface area (Å²) in [7, 11) is 0. The smallest absolute Gasteiger partial charge is 0.253 e. The molecule has 39 heavy (non-hydrogen) atoms. The summed E-state index contributed by atoms with van der Waals surface area (Å²) in [6.45, 7) is 11.3. The number of aromatic nitrogens is 2. The number of amides is 1. The Hall–Kier alpha value is -3.70. The van der Waals surface area contributed by atoms with Crippen LogP contribution in [0.3, 0.4) is 0 Å². The molecule has 0 unspecified atom stereocenters. The van der Waals surface area contributed by atoms with Crippen LogP contribution in [0.2, 0.25) is 5.02 Å². The third-order valence-corrected chi connectivity index (χ3v) is 7.63.